The molecule has 0 spiro atoms. The van der Waals surface area contributed by atoms with Gasteiger partial charge in [0.15, 0.2) is 5.76 Å². The van der Waals surface area contributed by atoms with Gasteiger partial charge in [0.25, 0.3) is 5.91 Å². The molecule has 1 aliphatic heterocycles. The number of halogens is 1. The zero-order chi connectivity index (χ0) is 18.8. The Kier molecular flexibility index (Phi) is 4.82. The van der Waals surface area contributed by atoms with E-state index in [2.05, 4.69) is 15.9 Å². The quantitative estimate of drug-likeness (QED) is 0.606. The van der Waals surface area contributed by atoms with E-state index in [1.165, 1.54) is 0 Å². The normalized spacial score (nSPS) is 16.9. The monoisotopic (exact) mass is 419 g/mol. The number of hydrogen-bond acceptors (Lipinski definition) is 2. The summed E-state index contributed by atoms with van der Waals surface area (Å²) in [5.74, 6) is -0.523. The van der Waals surface area contributed by atoms with Gasteiger partial charge in [-0.05, 0) is 28.8 Å². The van der Waals surface area contributed by atoms with Crippen LogP contribution in [0.25, 0.3) is 5.57 Å². The molecule has 4 heteroatoms. The molecule has 0 saturated heterocycles. The summed E-state index contributed by atoms with van der Waals surface area (Å²) in [4.78, 5) is 14.7. The molecule has 3 aromatic carbocycles. The molecule has 0 fully saturated rings. The summed E-state index contributed by atoms with van der Waals surface area (Å²) >= 11 is 3.52. The van der Waals surface area contributed by atoms with Crippen LogP contribution in [-0.4, -0.2) is 15.9 Å². The van der Waals surface area contributed by atoms with Crippen molar-refractivity contribution in [3.8, 4) is 0 Å². The minimum absolute atomic E-state index is 0.179. The number of hydrogen-bond donors (Lipinski definition) is 1. The Hall–Kier alpha value is -2.85. The van der Waals surface area contributed by atoms with Crippen LogP contribution in [0.1, 0.15) is 22.7 Å². The fourth-order valence-corrected chi connectivity index (χ4v) is 3.95. The van der Waals surface area contributed by atoms with E-state index < -0.39 is 0 Å². The van der Waals surface area contributed by atoms with Crippen molar-refractivity contribution in [3.05, 3.63) is 112 Å². The summed E-state index contributed by atoms with van der Waals surface area (Å²) in [6.45, 7) is 0.428. The Morgan fingerprint density at radius 3 is 2.22 bits per heavy atom. The molecule has 0 bridgehead atoms. The Morgan fingerprint density at radius 1 is 0.889 bits per heavy atom. The van der Waals surface area contributed by atoms with Crippen LogP contribution in [0.3, 0.4) is 0 Å². The summed E-state index contributed by atoms with van der Waals surface area (Å²) in [5, 5.41) is 10.7. The molecule has 0 aromatic heterocycles. The van der Waals surface area contributed by atoms with Crippen LogP contribution in [0.2, 0.25) is 0 Å². The summed E-state index contributed by atoms with van der Waals surface area (Å²) < 4.78 is 0.936. The van der Waals surface area contributed by atoms with Crippen molar-refractivity contribution in [2.24, 2.45) is 0 Å². The number of amides is 1. The number of carbonyl (C=O) groups is 1. The first-order valence-corrected chi connectivity index (χ1v) is 9.53. The minimum atomic E-state index is -0.349. The molecule has 0 aliphatic carbocycles. The number of benzene rings is 3. The lowest BCUT2D eigenvalue weighted by molar-refractivity contribution is -0.130. The Balaban J connectivity index is 1.83. The Bertz CT molecular complexity index is 999. The number of rotatable bonds is 4. The lowest BCUT2D eigenvalue weighted by Gasteiger charge is -2.27. The van der Waals surface area contributed by atoms with Crippen molar-refractivity contribution < 1.29 is 9.90 Å². The van der Waals surface area contributed by atoms with Gasteiger partial charge in [-0.2, -0.15) is 0 Å². The van der Waals surface area contributed by atoms with Gasteiger partial charge in [0.1, 0.15) is 0 Å². The largest absolute Gasteiger partial charge is 0.503 e. The van der Waals surface area contributed by atoms with E-state index in [9.17, 15) is 9.90 Å². The molecule has 0 unspecified atom stereocenters. The first-order chi connectivity index (χ1) is 13.1. The molecule has 0 radical (unpaired) electrons. The van der Waals surface area contributed by atoms with Crippen LogP contribution in [0.5, 0.6) is 0 Å². The number of nitrogens with zero attached hydrogens (tertiary/aromatic N) is 1. The SMILES string of the molecule is O=C1C(O)=C(c2ccccc2)[C@H](c2cccc(Br)c2)N1Cc1ccccc1. The van der Waals surface area contributed by atoms with Crippen molar-refractivity contribution in [1.82, 2.24) is 4.90 Å². The summed E-state index contributed by atoms with van der Waals surface area (Å²) in [5.41, 5.74) is 3.48. The smallest absolute Gasteiger partial charge is 0.290 e. The second-order valence-corrected chi connectivity index (χ2v) is 7.42. The predicted octanol–water partition coefficient (Wildman–Crippen LogP) is 5.50. The van der Waals surface area contributed by atoms with E-state index in [1.54, 1.807) is 4.90 Å². The van der Waals surface area contributed by atoms with Crippen LogP contribution in [-0.2, 0) is 11.3 Å². The standard InChI is InChI=1S/C23H18BrNO2/c24-19-13-7-12-18(14-19)21-20(17-10-5-2-6-11-17)22(26)23(27)25(21)15-16-8-3-1-4-9-16/h1-14,21,26H,15H2/t21-/m0/s1. The molecular formula is C23H18BrNO2. The van der Waals surface area contributed by atoms with Crippen LogP contribution in [0.15, 0.2) is 95.2 Å². The fourth-order valence-electron chi connectivity index (χ4n) is 3.53. The van der Waals surface area contributed by atoms with Crippen molar-refractivity contribution in [2.75, 3.05) is 0 Å². The topological polar surface area (TPSA) is 40.5 Å². The molecule has 1 N–H and O–H groups in total. The van der Waals surface area contributed by atoms with Gasteiger partial charge < -0.3 is 10.0 Å². The molecule has 1 atom stereocenters. The van der Waals surface area contributed by atoms with Gasteiger partial charge in [0.05, 0.1) is 6.04 Å². The predicted molar refractivity (Wildman–Crippen MR) is 110 cm³/mol. The molecule has 1 heterocycles. The molecular weight excluding hydrogens is 402 g/mol. The molecule has 0 saturated carbocycles. The van der Waals surface area contributed by atoms with E-state index >= 15 is 0 Å². The van der Waals surface area contributed by atoms with Crippen molar-refractivity contribution >= 4 is 27.4 Å². The third-order valence-electron chi connectivity index (χ3n) is 4.75. The molecule has 1 aliphatic rings. The number of aliphatic hydroxyl groups is 1. The second kappa shape index (κ2) is 7.41. The Labute approximate surface area is 166 Å². The maximum Gasteiger partial charge on any atom is 0.290 e. The van der Waals surface area contributed by atoms with E-state index in [0.717, 1.165) is 21.2 Å². The van der Waals surface area contributed by atoms with E-state index in [1.807, 2.05) is 84.9 Å². The van der Waals surface area contributed by atoms with Gasteiger partial charge in [0.2, 0.25) is 0 Å². The van der Waals surface area contributed by atoms with Gasteiger partial charge in [-0.1, -0.05) is 88.7 Å². The average Bonchev–Trinajstić information content (AvgIpc) is 2.94. The third kappa shape index (κ3) is 3.40. The van der Waals surface area contributed by atoms with Crippen molar-refractivity contribution in [2.45, 2.75) is 12.6 Å². The van der Waals surface area contributed by atoms with Crippen LogP contribution < -0.4 is 0 Å². The molecule has 4 rings (SSSR count). The maximum atomic E-state index is 13.0. The summed E-state index contributed by atoms with van der Waals surface area (Å²) in [6.07, 6.45) is 0. The average molecular weight is 420 g/mol. The van der Waals surface area contributed by atoms with Crippen molar-refractivity contribution in [3.63, 3.8) is 0 Å². The first kappa shape index (κ1) is 17.6. The molecule has 3 aromatic rings. The van der Waals surface area contributed by atoms with Gasteiger partial charge >= 0.3 is 0 Å². The lowest BCUT2D eigenvalue weighted by atomic mass is 9.93. The molecule has 27 heavy (non-hydrogen) atoms. The maximum absolute atomic E-state index is 13.0. The molecule has 134 valence electrons. The van der Waals surface area contributed by atoms with Crippen LogP contribution >= 0.6 is 15.9 Å². The first-order valence-electron chi connectivity index (χ1n) is 8.74. The fraction of sp³-hybridized carbons (Fsp3) is 0.0870. The molecule has 3 nitrogen and oxygen atoms in total. The molecule has 1 amide bonds. The zero-order valence-electron chi connectivity index (χ0n) is 14.5. The van der Waals surface area contributed by atoms with E-state index in [0.29, 0.717) is 12.1 Å². The third-order valence-corrected chi connectivity index (χ3v) is 5.24. The van der Waals surface area contributed by atoms with Gasteiger partial charge in [-0.15, -0.1) is 0 Å². The lowest BCUT2D eigenvalue weighted by Crippen LogP contribution is -2.29. The van der Waals surface area contributed by atoms with Gasteiger partial charge in [-0.3, -0.25) is 4.79 Å². The second-order valence-electron chi connectivity index (χ2n) is 6.50. The van der Waals surface area contributed by atoms with Crippen molar-refractivity contribution in [1.29, 1.82) is 0 Å². The van der Waals surface area contributed by atoms with Crippen LogP contribution in [0, 0.1) is 0 Å². The number of carbonyl (C=O) groups excluding carboxylic acids is 1. The summed E-state index contributed by atoms with van der Waals surface area (Å²) in [6, 6.07) is 27.0. The zero-order valence-corrected chi connectivity index (χ0v) is 16.1. The summed E-state index contributed by atoms with van der Waals surface area (Å²) in [7, 11) is 0. The van der Waals surface area contributed by atoms with Gasteiger partial charge in [0, 0.05) is 16.6 Å². The van der Waals surface area contributed by atoms with E-state index in [-0.39, 0.29) is 17.7 Å². The van der Waals surface area contributed by atoms with Crippen LogP contribution in [0.4, 0.5) is 0 Å². The van der Waals surface area contributed by atoms with Gasteiger partial charge in [-0.25, -0.2) is 0 Å². The highest BCUT2D eigenvalue weighted by Gasteiger charge is 2.40. The Morgan fingerprint density at radius 2 is 1.56 bits per heavy atom. The van der Waals surface area contributed by atoms with E-state index in [4.69, 9.17) is 0 Å². The highest BCUT2D eigenvalue weighted by molar-refractivity contribution is 9.10. The highest BCUT2D eigenvalue weighted by atomic mass is 79.9. The number of aliphatic hydroxyl groups excluding tert-OH is 1. The highest BCUT2D eigenvalue weighted by Crippen LogP contribution is 2.44. The minimum Gasteiger partial charge on any atom is -0.503 e.